The van der Waals surface area contributed by atoms with Gasteiger partial charge in [-0.15, -0.1) is 0 Å². The molecule has 1 aliphatic rings. The van der Waals surface area contributed by atoms with Crippen LogP contribution in [0.25, 0.3) is 0 Å². The van der Waals surface area contributed by atoms with E-state index in [2.05, 4.69) is 95.0 Å². The first-order valence-electron chi connectivity index (χ1n) is 7.90. The molecule has 0 amide bonds. The third-order valence-corrected chi connectivity index (χ3v) is 5.34. The molecule has 22 heavy (non-hydrogen) atoms. The van der Waals surface area contributed by atoms with Crippen LogP contribution in [0.4, 0.5) is 11.4 Å². The van der Waals surface area contributed by atoms with Crippen molar-refractivity contribution in [1.29, 1.82) is 0 Å². The Balaban J connectivity index is 2.00. The van der Waals surface area contributed by atoms with Gasteiger partial charge in [-0.2, -0.15) is 0 Å². The van der Waals surface area contributed by atoms with Crippen molar-refractivity contribution < 1.29 is 0 Å². The molecular formula is C19H23IN2. The van der Waals surface area contributed by atoms with Crippen molar-refractivity contribution in [2.24, 2.45) is 0 Å². The number of hydrogen-bond acceptors (Lipinski definition) is 2. The lowest BCUT2D eigenvalue weighted by Gasteiger charge is -2.27. The second-order valence-electron chi connectivity index (χ2n) is 6.17. The average Bonchev–Trinajstić information content (AvgIpc) is 2.63. The van der Waals surface area contributed by atoms with E-state index in [1.54, 1.807) is 0 Å². The largest absolute Gasteiger partial charge is 0.341 e. The zero-order chi connectivity index (χ0) is 15.5. The Morgan fingerprint density at radius 1 is 1.05 bits per heavy atom. The van der Waals surface area contributed by atoms with Crippen LogP contribution in [0.3, 0.4) is 0 Å². The summed E-state index contributed by atoms with van der Waals surface area (Å²) in [6.07, 6.45) is 2.28. The summed E-state index contributed by atoms with van der Waals surface area (Å²) >= 11 is 2.59. The minimum Gasteiger partial charge on any atom is -0.341 e. The van der Waals surface area contributed by atoms with Crippen LogP contribution in [0.1, 0.15) is 21.5 Å². The number of benzene rings is 2. The smallest absolute Gasteiger partial charge is 0.0454 e. The lowest BCUT2D eigenvalue weighted by molar-refractivity contribution is 0.402. The maximum atomic E-state index is 2.59. The van der Waals surface area contributed by atoms with Crippen LogP contribution in [0, 0.1) is 0 Å². The Kier molecular flexibility index (Phi) is 5.03. The van der Waals surface area contributed by atoms with Gasteiger partial charge in [-0.05, 0) is 56.7 Å². The fraction of sp³-hybridized carbons (Fsp3) is 0.368. The van der Waals surface area contributed by atoms with Gasteiger partial charge in [0.2, 0.25) is 0 Å². The highest BCUT2D eigenvalue weighted by Crippen LogP contribution is 2.43. The number of nitrogens with zero attached hydrogens (tertiary/aromatic N) is 2. The Morgan fingerprint density at radius 2 is 1.73 bits per heavy atom. The summed E-state index contributed by atoms with van der Waals surface area (Å²) in [5.41, 5.74) is 5.69. The van der Waals surface area contributed by atoms with Gasteiger partial charge in [0.05, 0.1) is 0 Å². The molecule has 0 saturated carbocycles. The average molecular weight is 406 g/mol. The molecule has 0 aliphatic carbocycles. The lowest BCUT2D eigenvalue weighted by Crippen LogP contribution is -2.23. The van der Waals surface area contributed by atoms with Gasteiger partial charge in [-0.25, -0.2) is 0 Å². The van der Waals surface area contributed by atoms with E-state index in [-0.39, 0.29) is 0 Å². The molecule has 3 rings (SSSR count). The van der Waals surface area contributed by atoms with Crippen LogP contribution in [0.5, 0.6) is 0 Å². The maximum absolute atomic E-state index is 2.59. The minimum absolute atomic E-state index is 0.536. The Hall–Kier alpha value is -1.07. The molecule has 2 aromatic rings. The monoisotopic (exact) mass is 406 g/mol. The quantitative estimate of drug-likeness (QED) is 0.531. The summed E-state index contributed by atoms with van der Waals surface area (Å²) in [6.45, 7) is 2.18. The zero-order valence-electron chi connectivity index (χ0n) is 13.3. The highest BCUT2D eigenvalue weighted by molar-refractivity contribution is 14.1. The molecule has 1 unspecified atom stereocenters. The van der Waals surface area contributed by atoms with Crippen LogP contribution in [-0.2, 0) is 6.42 Å². The summed E-state index contributed by atoms with van der Waals surface area (Å²) in [5.74, 6) is 0. The van der Waals surface area contributed by atoms with E-state index >= 15 is 0 Å². The third kappa shape index (κ3) is 3.30. The summed E-state index contributed by atoms with van der Waals surface area (Å²) < 4.78 is 0.536. The number of rotatable bonds is 4. The third-order valence-electron chi connectivity index (χ3n) is 4.23. The standard InChI is InChI=1S/C19H23IN2/c1-21(2)12-7-13-22-18-10-5-3-8-15(18)14-17(20)16-9-4-6-11-19(16)22/h3-6,8-11,17H,7,12-14H2,1-2H3. The highest BCUT2D eigenvalue weighted by Gasteiger charge is 2.24. The topological polar surface area (TPSA) is 6.48 Å². The van der Waals surface area contributed by atoms with E-state index in [9.17, 15) is 0 Å². The summed E-state index contributed by atoms with van der Waals surface area (Å²) in [5, 5.41) is 0. The van der Waals surface area contributed by atoms with Crippen molar-refractivity contribution in [2.45, 2.75) is 16.8 Å². The summed E-state index contributed by atoms with van der Waals surface area (Å²) in [6, 6.07) is 17.8. The van der Waals surface area contributed by atoms with Gasteiger partial charge in [-0.1, -0.05) is 59.0 Å². The molecule has 0 fully saturated rings. The Labute approximate surface area is 147 Å². The van der Waals surface area contributed by atoms with E-state index < -0.39 is 0 Å². The van der Waals surface area contributed by atoms with E-state index in [1.807, 2.05) is 0 Å². The molecule has 0 saturated heterocycles. The van der Waals surface area contributed by atoms with Gasteiger partial charge in [0, 0.05) is 21.8 Å². The van der Waals surface area contributed by atoms with Gasteiger partial charge in [-0.3, -0.25) is 0 Å². The predicted molar refractivity (Wildman–Crippen MR) is 104 cm³/mol. The molecule has 0 spiro atoms. The molecule has 0 aromatic heterocycles. The zero-order valence-corrected chi connectivity index (χ0v) is 15.5. The molecular weight excluding hydrogens is 383 g/mol. The first-order chi connectivity index (χ1) is 10.7. The minimum atomic E-state index is 0.536. The van der Waals surface area contributed by atoms with Crippen molar-refractivity contribution in [3.8, 4) is 0 Å². The lowest BCUT2D eigenvalue weighted by atomic mass is 10.0. The molecule has 116 valence electrons. The number of para-hydroxylation sites is 2. The number of anilines is 2. The second-order valence-corrected chi connectivity index (χ2v) is 7.67. The fourth-order valence-corrected chi connectivity index (χ4v) is 4.16. The van der Waals surface area contributed by atoms with Crippen molar-refractivity contribution in [1.82, 2.24) is 4.90 Å². The van der Waals surface area contributed by atoms with E-state index in [0.29, 0.717) is 3.92 Å². The first-order valence-corrected chi connectivity index (χ1v) is 9.14. The number of alkyl halides is 1. The first kappa shape index (κ1) is 15.8. The second kappa shape index (κ2) is 7.01. The van der Waals surface area contributed by atoms with Crippen molar-refractivity contribution in [2.75, 3.05) is 32.1 Å². The van der Waals surface area contributed by atoms with E-state index in [4.69, 9.17) is 0 Å². The summed E-state index contributed by atoms with van der Waals surface area (Å²) in [7, 11) is 4.29. The summed E-state index contributed by atoms with van der Waals surface area (Å²) in [4.78, 5) is 4.78. The normalized spacial score (nSPS) is 17.1. The molecule has 0 bridgehead atoms. The highest BCUT2D eigenvalue weighted by atomic mass is 127. The van der Waals surface area contributed by atoms with Crippen LogP contribution in [-0.4, -0.2) is 32.1 Å². The van der Waals surface area contributed by atoms with Gasteiger partial charge in [0.15, 0.2) is 0 Å². The maximum Gasteiger partial charge on any atom is 0.0454 e. The number of fused-ring (bicyclic) bond motifs is 2. The van der Waals surface area contributed by atoms with Crippen molar-refractivity contribution in [3.63, 3.8) is 0 Å². The van der Waals surface area contributed by atoms with Crippen molar-refractivity contribution in [3.05, 3.63) is 59.7 Å². The Bertz CT molecular complexity index is 639. The number of halogens is 1. The van der Waals surface area contributed by atoms with Gasteiger partial charge in [0.25, 0.3) is 0 Å². The molecule has 1 aliphatic heterocycles. The molecule has 1 heterocycles. The Morgan fingerprint density at radius 3 is 2.50 bits per heavy atom. The van der Waals surface area contributed by atoms with E-state index in [1.165, 1.54) is 28.9 Å². The molecule has 2 aromatic carbocycles. The SMILES string of the molecule is CN(C)CCCN1c2ccccc2CC(I)c2ccccc21. The van der Waals surface area contributed by atoms with Crippen LogP contribution < -0.4 is 4.90 Å². The van der Waals surface area contributed by atoms with Crippen molar-refractivity contribution >= 4 is 34.0 Å². The van der Waals surface area contributed by atoms with E-state index in [0.717, 1.165) is 19.5 Å². The predicted octanol–water partition coefficient (Wildman–Crippen LogP) is 4.81. The molecule has 0 N–H and O–H groups in total. The molecule has 2 nitrogen and oxygen atoms in total. The number of hydrogen-bond donors (Lipinski definition) is 0. The van der Waals surface area contributed by atoms with Gasteiger partial charge in [0.1, 0.15) is 0 Å². The fourth-order valence-electron chi connectivity index (χ4n) is 3.16. The van der Waals surface area contributed by atoms with Crippen LogP contribution >= 0.6 is 22.6 Å². The molecule has 3 heteroatoms. The molecule has 1 atom stereocenters. The van der Waals surface area contributed by atoms with Gasteiger partial charge >= 0.3 is 0 Å². The molecule has 0 radical (unpaired) electrons. The van der Waals surface area contributed by atoms with Gasteiger partial charge < -0.3 is 9.80 Å². The van der Waals surface area contributed by atoms with Crippen LogP contribution in [0.15, 0.2) is 48.5 Å². The van der Waals surface area contributed by atoms with Crippen LogP contribution in [0.2, 0.25) is 0 Å².